The highest BCUT2D eigenvalue weighted by Gasteiger charge is 2.21. The standard InChI is InChI=1S/C43H70N2O4/c1-7-10-25-32(4)26-19-15-11-12-16-20-27-33(5)35(24-9-3)28-21-17-13-14-18-22-29-44-40(46)36-30-38-39(31-37(36)41(44)47)43(49)45(42(38)48)34(6)23-8-2/h30-35H,7-29H2,1-6H3. The average molecular weight is 679 g/mol. The minimum Gasteiger partial charge on any atom is -0.274 e. The molecule has 4 unspecified atom stereocenters. The first-order valence-corrected chi connectivity index (χ1v) is 20.6. The van der Waals surface area contributed by atoms with Gasteiger partial charge in [-0.15, -0.1) is 0 Å². The molecule has 0 saturated heterocycles. The predicted molar refractivity (Wildman–Crippen MR) is 210 cm³/mol. The van der Waals surface area contributed by atoms with Crippen LogP contribution in [0.2, 0.25) is 0 Å². The first kappa shape index (κ1) is 40.9. The summed E-state index contributed by atoms with van der Waals surface area (Å²) in [5.41, 5.74) is -1.42. The molecule has 0 N–H and O–H groups in total. The fourth-order valence-electron chi connectivity index (χ4n) is 8.26. The molecule has 0 aliphatic heterocycles. The van der Waals surface area contributed by atoms with E-state index in [2.05, 4.69) is 27.7 Å². The minimum atomic E-state index is -0.364. The van der Waals surface area contributed by atoms with Crippen LogP contribution in [0.5, 0.6) is 0 Å². The fraction of sp³-hybridized carbons (Fsp3) is 0.767. The van der Waals surface area contributed by atoms with E-state index in [4.69, 9.17) is 0 Å². The van der Waals surface area contributed by atoms with Gasteiger partial charge in [-0.05, 0) is 49.7 Å². The molecule has 0 fully saturated rings. The third kappa shape index (κ3) is 11.8. The van der Waals surface area contributed by atoms with E-state index >= 15 is 0 Å². The topological polar surface area (TPSA) is 78.1 Å². The van der Waals surface area contributed by atoms with Crippen LogP contribution in [0.25, 0.3) is 21.5 Å². The number of rotatable bonds is 27. The highest BCUT2D eigenvalue weighted by molar-refractivity contribution is 5.97. The van der Waals surface area contributed by atoms with Gasteiger partial charge in [0.1, 0.15) is 0 Å². The molecule has 1 aromatic carbocycles. The van der Waals surface area contributed by atoms with Gasteiger partial charge < -0.3 is 0 Å². The maximum absolute atomic E-state index is 13.2. The summed E-state index contributed by atoms with van der Waals surface area (Å²) in [6, 6.07) is 2.74. The molecule has 0 aliphatic carbocycles. The Morgan fingerprint density at radius 1 is 0.469 bits per heavy atom. The van der Waals surface area contributed by atoms with Crippen molar-refractivity contribution >= 4 is 21.5 Å². The van der Waals surface area contributed by atoms with Gasteiger partial charge in [-0.3, -0.25) is 28.3 Å². The summed E-state index contributed by atoms with van der Waals surface area (Å²) in [4.78, 5) is 52.4. The van der Waals surface area contributed by atoms with E-state index < -0.39 is 0 Å². The van der Waals surface area contributed by atoms with Crippen molar-refractivity contribution < 1.29 is 0 Å². The van der Waals surface area contributed by atoms with Crippen LogP contribution in [0, 0.1) is 17.8 Å². The quantitative estimate of drug-likeness (QED) is 0.0752. The van der Waals surface area contributed by atoms with Crippen LogP contribution in [-0.4, -0.2) is 9.13 Å². The minimum absolute atomic E-state index is 0.218. The molecule has 49 heavy (non-hydrogen) atoms. The summed E-state index contributed by atoms with van der Waals surface area (Å²) >= 11 is 0. The van der Waals surface area contributed by atoms with Gasteiger partial charge in [0.2, 0.25) is 0 Å². The van der Waals surface area contributed by atoms with Crippen molar-refractivity contribution in [2.24, 2.45) is 17.8 Å². The van der Waals surface area contributed by atoms with Crippen LogP contribution < -0.4 is 22.2 Å². The number of aromatic nitrogens is 2. The van der Waals surface area contributed by atoms with Crippen LogP contribution >= 0.6 is 0 Å². The molecule has 3 aromatic rings. The van der Waals surface area contributed by atoms with E-state index in [1.54, 1.807) is 0 Å². The zero-order valence-electron chi connectivity index (χ0n) is 32.3. The molecule has 0 radical (unpaired) electrons. The Bertz CT molecular complexity index is 1510. The molecule has 2 heterocycles. The Labute approximate surface area is 296 Å². The molecule has 0 spiro atoms. The summed E-state index contributed by atoms with van der Waals surface area (Å²) in [5.74, 6) is 2.57. The maximum Gasteiger partial charge on any atom is 0.261 e. The van der Waals surface area contributed by atoms with Gasteiger partial charge in [0.25, 0.3) is 22.2 Å². The van der Waals surface area contributed by atoms with Gasteiger partial charge in [-0.1, -0.05) is 163 Å². The monoisotopic (exact) mass is 679 g/mol. The van der Waals surface area contributed by atoms with Gasteiger partial charge in [0, 0.05) is 12.6 Å². The van der Waals surface area contributed by atoms with E-state index in [-0.39, 0.29) is 49.8 Å². The third-order valence-electron chi connectivity index (χ3n) is 11.5. The molecule has 276 valence electrons. The number of hydrogen-bond acceptors (Lipinski definition) is 4. The van der Waals surface area contributed by atoms with Crippen molar-refractivity contribution in [3.8, 4) is 0 Å². The average Bonchev–Trinajstić information content (AvgIpc) is 3.47. The smallest absolute Gasteiger partial charge is 0.261 e. The zero-order chi connectivity index (χ0) is 35.8. The normalized spacial score (nSPS) is 14.6. The van der Waals surface area contributed by atoms with E-state index in [1.165, 1.54) is 130 Å². The highest BCUT2D eigenvalue weighted by Crippen LogP contribution is 2.29. The van der Waals surface area contributed by atoms with Gasteiger partial charge in [-0.25, -0.2) is 0 Å². The van der Waals surface area contributed by atoms with Crippen LogP contribution in [0.15, 0.2) is 31.3 Å². The van der Waals surface area contributed by atoms with Crippen LogP contribution in [0.3, 0.4) is 0 Å². The second-order valence-electron chi connectivity index (χ2n) is 15.7. The molecule has 0 bridgehead atoms. The molecule has 0 saturated carbocycles. The molecule has 6 heteroatoms. The van der Waals surface area contributed by atoms with Crippen LogP contribution in [-0.2, 0) is 6.54 Å². The first-order chi connectivity index (χ1) is 23.7. The van der Waals surface area contributed by atoms with E-state index in [1.807, 2.05) is 13.8 Å². The zero-order valence-corrected chi connectivity index (χ0v) is 32.3. The molecule has 0 amide bonds. The molecule has 0 aliphatic rings. The van der Waals surface area contributed by atoms with Gasteiger partial charge in [0.05, 0.1) is 21.5 Å². The highest BCUT2D eigenvalue weighted by atomic mass is 16.2. The number of benzene rings is 1. The number of unbranched alkanes of at least 4 members (excludes halogenated alkanes) is 11. The Hall–Kier alpha value is -2.50. The molecule has 3 rings (SSSR count). The van der Waals surface area contributed by atoms with Crippen molar-refractivity contribution in [1.29, 1.82) is 0 Å². The van der Waals surface area contributed by atoms with Gasteiger partial charge >= 0.3 is 0 Å². The SMILES string of the molecule is CCCCC(C)CCCCCCCCC(C)C(CCC)CCCCCCCCn1c(=O)c2cc3c(=O)n(C(C)CCC)c(=O)c3cc2c1=O. The molecule has 6 nitrogen and oxygen atoms in total. The Morgan fingerprint density at radius 2 is 0.918 bits per heavy atom. The Kier molecular flexibility index (Phi) is 18.1. The van der Waals surface area contributed by atoms with Crippen molar-refractivity contribution in [3.63, 3.8) is 0 Å². The second-order valence-corrected chi connectivity index (χ2v) is 15.7. The lowest BCUT2D eigenvalue weighted by Crippen LogP contribution is -2.28. The Morgan fingerprint density at radius 3 is 1.45 bits per heavy atom. The maximum atomic E-state index is 13.2. The van der Waals surface area contributed by atoms with Crippen LogP contribution in [0.4, 0.5) is 0 Å². The van der Waals surface area contributed by atoms with Gasteiger partial charge in [-0.2, -0.15) is 0 Å². The lowest BCUT2D eigenvalue weighted by atomic mass is 9.82. The number of fused-ring (bicyclic) bond motifs is 2. The second kappa shape index (κ2) is 21.7. The Balaban J connectivity index is 1.35. The third-order valence-corrected chi connectivity index (χ3v) is 11.5. The predicted octanol–water partition coefficient (Wildman–Crippen LogP) is 11.0. The first-order valence-electron chi connectivity index (χ1n) is 20.6. The molecular formula is C43H70N2O4. The van der Waals surface area contributed by atoms with Crippen molar-refractivity contribution in [1.82, 2.24) is 9.13 Å². The van der Waals surface area contributed by atoms with Crippen molar-refractivity contribution in [2.75, 3.05) is 0 Å². The van der Waals surface area contributed by atoms with E-state index in [9.17, 15) is 19.2 Å². The fourth-order valence-corrected chi connectivity index (χ4v) is 8.26. The van der Waals surface area contributed by atoms with Gasteiger partial charge in [0.15, 0.2) is 0 Å². The summed E-state index contributed by atoms with van der Waals surface area (Å²) in [5, 5.41) is 0.996. The van der Waals surface area contributed by atoms with Crippen molar-refractivity contribution in [2.45, 2.75) is 195 Å². The lowest BCUT2D eigenvalue weighted by molar-refractivity contribution is 0.280. The summed E-state index contributed by atoms with van der Waals surface area (Å²) in [7, 11) is 0. The largest absolute Gasteiger partial charge is 0.274 e. The summed E-state index contributed by atoms with van der Waals surface area (Å²) in [6.45, 7) is 13.8. The molecular weight excluding hydrogens is 608 g/mol. The lowest BCUT2D eigenvalue weighted by Gasteiger charge is -2.24. The molecule has 4 atom stereocenters. The van der Waals surface area contributed by atoms with Crippen LogP contribution in [0.1, 0.15) is 189 Å². The summed E-state index contributed by atoms with van der Waals surface area (Å²) < 4.78 is 2.58. The number of nitrogens with zero attached hydrogens (tertiary/aromatic N) is 2. The van der Waals surface area contributed by atoms with E-state index in [0.717, 1.165) is 43.4 Å². The van der Waals surface area contributed by atoms with E-state index in [0.29, 0.717) is 13.0 Å². The number of hydrogen-bond donors (Lipinski definition) is 0. The van der Waals surface area contributed by atoms with Crippen molar-refractivity contribution in [3.05, 3.63) is 53.5 Å². The summed E-state index contributed by atoms with van der Waals surface area (Å²) in [6.07, 6.45) is 27.5. The molecule has 2 aromatic heterocycles.